The molecular formula is C16H36O12Zr. The molecule has 0 heterocycles. The molecule has 176 valence electrons. The number of hydrogen-bond donors (Lipinski definition) is 4. The first kappa shape index (κ1) is 39.8. The first-order valence-electron chi connectivity index (χ1n) is 8.73. The maximum atomic E-state index is 9.60. The van der Waals surface area contributed by atoms with Crippen molar-refractivity contribution >= 4 is 0 Å². The van der Waals surface area contributed by atoms with Gasteiger partial charge in [-0.2, -0.15) is 0 Å². The second-order valence-electron chi connectivity index (χ2n) is 4.16. The molecule has 0 rings (SSSR count). The van der Waals surface area contributed by atoms with Crippen LogP contribution in [0.2, 0.25) is 0 Å². The zero-order chi connectivity index (χ0) is 22.1. The summed E-state index contributed by atoms with van der Waals surface area (Å²) in [6, 6.07) is 0. The summed E-state index contributed by atoms with van der Waals surface area (Å²) in [7, 11) is 0. The molecule has 29 heavy (non-hydrogen) atoms. The Balaban J connectivity index is -0.0000000873. The summed E-state index contributed by atoms with van der Waals surface area (Å²) in [5.41, 5.74) is 0. The zero-order valence-corrected chi connectivity index (χ0v) is 19.3. The summed E-state index contributed by atoms with van der Waals surface area (Å²) in [6.45, 7) is 1.07. The van der Waals surface area contributed by atoms with E-state index in [9.17, 15) is 20.4 Å². The fourth-order valence-corrected chi connectivity index (χ4v) is 0.902. The van der Waals surface area contributed by atoms with E-state index >= 15 is 0 Å². The van der Waals surface area contributed by atoms with Crippen LogP contribution in [0.25, 0.3) is 0 Å². The van der Waals surface area contributed by atoms with Crippen LogP contribution >= 0.6 is 0 Å². The van der Waals surface area contributed by atoms with E-state index in [1.165, 1.54) is 0 Å². The van der Waals surface area contributed by atoms with Crippen molar-refractivity contribution in [2.24, 2.45) is 0 Å². The summed E-state index contributed by atoms with van der Waals surface area (Å²) in [5.74, 6) is 0. The first-order chi connectivity index (χ1) is 13.7. The molecule has 0 aliphatic carbocycles. The zero-order valence-electron chi connectivity index (χ0n) is 16.9. The van der Waals surface area contributed by atoms with Crippen molar-refractivity contribution in [3.05, 3.63) is 0 Å². The third-order valence-corrected chi connectivity index (χ3v) is 1.85. The summed E-state index contributed by atoms with van der Waals surface area (Å²) in [4.78, 5) is 0. The standard InChI is InChI=1S/4C4H9O3.Zr/c4*5-1-3-7-4-2-6;/h4*5H,1-4H2;/q4*-1;+4. The summed E-state index contributed by atoms with van der Waals surface area (Å²) in [6.07, 6.45) is 0. The van der Waals surface area contributed by atoms with Gasteiger partial charge < -0.3 is 59.8 Å². The minimum Gasteiger partial charge on any atom is -0.853 e. The Bertz CT molecular complexity index is 151. The maximum absolute atomic E-state index is 9.60. The number of aliphatic hydroxyl groups excluding tert-OH is 4. The van der Waals surface area contributed by atoms with E-state index in [4.69, 9.17) is 20.4 Å². The molecule has 4 N–H and O–H groups in total. The second kappa shape index (κ2) is 51.2. The molecule has 12 nitrogen and oxygen atoms in total. The Labute approximate surface area is 191 Å². The minimum absolute atomic E-state index is 0. The van der Waals surface area contributed by atoms with Crippen molar-refractivity contribution in [1.29, 1.82) is 0 Å². The van der Waals surface area contributed by atoms with Crippen LogP contribution in [0.15, 0.2) is 0 Å². The molecule has 0 amide bonds. The van der Waals surface area contributed by atoms with Gasteiger partial charge in [-0.05, 0) is 0 Å². The molecular weight excluding hydrogens is 475 g/mol. The molecule has 0 bridgehead atoms. The number of hydrogen-bond acceptors (Lipinski definition) is 12. The van der Waals surface area contributed by atoms with Gasteiger partial charge >= 0.3 is 26.2 Å². The van der Waals surface area contributed by atoms with Crippen LogP contribution in [0.1, 0.15) is 0 Å². The minimum atomic E-state index is -0.222. The molecule has 0 aliphatic heterocycles. The van der Waals surface area contributed by atoms with Crippen LogP contribution in [0, 0.1) is 0 Å². The molecule has 0 fully saturated rings. The van der Waals surface area contributed by atoms with Gasteiger partial charge in [0.15, 0.2) is 0 Å². The molecule has 0 saturated heterocycles. The Morgan fingerprint density at radius 1 is 0.379 bits per heavy atom. The summed E-state index contributed by atoms with van der Waals surface area (Å²) >= 11 is 0. The molecule has 0 atom stereocenters. The van der Waals surface area contributed by atoms with Gasteiger partial charge in [-0.25, -0.2) is 0 Å². The van der Waals surface area contributed by atoms with Gasteiger partial charge in [-0.15, -0.1) is 26.4 Å². The Hall–Kier alpha value is 0.403. The molecule has 0 unspecified atom stereocenters. The Morgan fingerprint density at radius 2 is 0.552 bits per heavy atom. The van der Waals surface area contributed by atoms with E-state index in [-0.39, 0.29) is 132 Å². The van der Waals surface area contributed by atoms with Crippen LogP contribution in [-0.2, 0) is 45.2 Å². The fraction of sp³-hybridized carbons (Fsp3) is 1.00. The van der Waals surface area contributed by atoms with Crippen molar-refractivity contribution in [2.75, 3.05) is 106 Å². The molecule has 0 aromatic carbocycles. The van der Waals surface area contributed by atoms with Gasteiger partial charge in [0.2, 0.25) is 0 Å². The number of aliphatic hydroxyl groups is 4. The van der Waals surface area contributed by atoms with Gasteiger partial charge in [0.05, 0.1) is 52.9 Å². The predicted octanol–water partition coefficient (Wildman–Crippen LogP) is -6.58. The molecule has 0 aliphatic rings. The topological polar surface area (TPSA) is 210 Å². The Kier molecular flexibility index (Phi) is 70.4. The smallest absolute Gasteiger partial charge is 0.853 e. The average molecular weight is 512 g/mol. The summed E-state index contributed by atoms with van der Waals surface area (Å²) in [5, 5.41) is 70.7. The van der Waals surface area contributed by atoms with E-state index in [2.05, 4.69) is 18.9 Å². The normalized spacial score (nSPS) is 9.10. The van der Waals surface area contributed by atoms with Gasteiger partial charge in [0.25, 0.3) is 0 Å². The van der Waals surface area contributed by atoms with Crippen LogP contribution in [0.5, 0.6) is 0 Å². The van der Waals surface area contributed by atoms with E-state index in [1.54, 1.807) is 0 Å². The number of rotatable bonds is 16. The van der Waals surface area contributed by atoms with Crippen molar-refractivity contribution in [1.82, 2.24) is 0 Å². The number of ether oxygens (including phenoxy) is 4. The van der Waals surface area contributed by atoms with Crippen LogP contribution in [0.4, 0.5) is 0 Å². The second-order valence-corrected chi connectivity index (χ2v) is 4.16. The van der Waals surface area contributed by atoms with Crippen molar-refractivity contribution in [2.45, 2.75) is 0 Å². The molecule has 0 radical (unpaired) electrons. The first-order valence-corrected chi connectivity index (χ1v) is 8.73. The SMILES string of the molecule is [O-]CCOCCO.[O-]CCOCCO.[O-]CCOCCO.[O-]CCOCCO.[Zr+4]. The maximum Gasteiger partial charge on any atom is 4.00 e. The molecule has 0 aromatic heterocycles. The van der Waals surface area contributed by atoms with Gasteiger partial charge in [-0.3, -0.25) is 0 Å². The van der Waals surface area contributed by atoms with Gasteiger partial charge in [-0.1, -0.05) is 0 Å². The molecule has 13 heteroatoms. The molecule has 0 saturated carbocycles. The van der Waals surface area contributed by atoms with Crippen LogP contribution < -0.4 is 20.4 Å². The third kappa shape index (κ3) is 73.6. The van der Waals surface area contributed by atoms with E-state index in [1.807, 2.05) is 0 Å². The fourth-order valence-electron chi connectivity index (χ4n) is 0.902. The average Bonchev–Trinajstić information content (AvgIpc) is 2.71. The quantitative estimate of drug-likeness (QED) is 0.142. The monoisotopic (exact) mass is 510 g/mol. The largest absolute Gasteiger partial charge is 4.00 e. The van der Waals surface area contributed by atoms with Crippen molar-refractivity contribution in [3.63, 3.8) is 0 Å². The third-order valence-electron chi connectivity index (χ3n) is 1.85. The van der Waals surface area contributed by atoms with E-state index in [0.717, 1.165) is 0 Å². The predicted molar refractivity (Wildman–Crippen MR) is 91.1 cm³/mol. The Morgan fingerprint density at radius 3 is 0.655 bits per heavy atom. The summed E-state index contributed by atoms with van der Waals surface area (Å²) < 4.78 is 18.3. The molecule has 0 spiro atoms. The molecule has 0 aromatic rings. The van der Waals surface area contributed by atoms with Crippen molar-refractivity contribution in [3.8, 4) is 0 Å². The van der Waals surface area contributed by atoms with Crippen LogP contribution in [-0.4, -0.2) is 126 Å². The van der Waals surface area contributed by atoms with Gasteiger partial charge in [0.1, 0.15) is 0 Å². The van der Waals surface area contributed by atoms with Gasteiger partial charge in [0, 0.05) is 26.4 Å². The van der Waals surface area contributed by atoms with Crippen LogP contribution in [0.3, 0.4) is 0 Å². The van der Waals surface area contributed by atoms with E-state index in [0.29, 0.717) is 0 Å². The van der Waals surface area contributed by atoms with E-state index < -0.39 is 0 Å². The van der Waals surface area contributed by atoms with Crippen molar-refractivity contribution < 1.29 is 86.0 Å².